The Bertz CT molecular complexity index is 1060. The first-order valence-electron chi connectivity index (χ1n) is 9.42. The van der Waals surface area contributed by atoms with Gasteiger partial charge in [0.25, 0.3) is 5.91 Å². The highest BCUT2D eigenvalue weighted by atomic mass is 16.5. The minimum atomic E-state index is -0.895. The third-order valence-corrected chi connectivity index (χ3v) is 4.93. The summed E-state index contributed by atoms with van der Waals surface area (Å²) in [5, 5.41) is 24.0. The van der Waals surface area contributed by atoms with Gasteiger partial charge in [0.05, 0.1) is 0 Å². The highest BCUT2D eigenvalue weighted by molar-refractivity contribution is 6.04. The summed E-state index contributed by atoms with van der Waals surface area (Å²) in [6.07, 6.45) is 0.923. The molecule has 1 atom stereocenters. The molecule has 0 aliphatic carbocycles. The van der Waals surface area contributed by atoms with Crippen molar-refractivity contribution >= 4 is 28.3 Å². The lowest BCUT2D eigenvalue weighted by atomic mass is 9.97. The highest BCUT2D eigenvalue weighted by Crippen LogP contribution is 2.35. The number of aromatic hydroxyl groups is 2. The Morgan fingerprint density at radius 2 is 1.69 bits per heavy atom. The van der Waals surface area contributed by atoms with E-state index < -0.39 is 18.5 Å². The van der Waals surface area contributed by atoms with Gasteiger partial charge >= 0.3 is 5.97 Å². The van der Waals surface area contributed by atoms with Gasteiger partial charge in [0.1, 0.15) is 17.1 Å². The minimum absolute atomic E-state index is 0.155. The molecule has 0 aliphatic heterocycles. The molecule has 0 bridgehead atoms. The van der Waals surface area contributed by atoms with Crippen LogP contribution in [0.5, 0.6) is 11.5 Å². The predicted molar refractivity (Wildman–Crippen MR) is 111 cm³/mol. The molecular weight excluding hydrogens is 370 g/mol. The molecule has 1 amide bonds. The van der Waals surface area contributed by atoms with E-state index in [9.17, 15) is 19.8 Å². The highest BCUT2D eigenvalue weighted by Gasteiger charge is 2.19. The second-order valence-electron chi connectivity index (χ2n) is 6.86. The number of phenolic OH excluding ortho intramolecular Hbond substituents is 2. The van der Waals surface area contributed by atoms with Crippen molar-refractivity contribution in [3.63, 3.8) is 0 Å². The standard InChI is InChI=1S/C23H23NO5/c1-3-14(2)15-8-6-7-11-19(15)24-21(26)13-29-23(28)18-12-20(25)16-9-4-5-10-17(16)22(18)27/h4-12,14,25,27H,3,13H2,1-2H3,(H,24,26)/t14-/m0/s1. The number of carbonyl (C=O) groups excluding carboxylic acids is 2. The van der Waals surface area contributed by atoms with Crippen molar-refractivity contribution < 1.29 is 24.5 Å². The second-order valence-corrected chi connectivity index (χ2v) is 6.86. The number of esters is 1. The normalized spacial score (nSPS) is 11.8. The van der Waals surface area contributed by atoms with Gasteiger partial charge in [-0.05, 0) is 30.0 Å². The van der Waals surface area contributed by atoms with Crippen LogP contribution in [0, 0.1) is 0 Å². The van der Waals surface area contributed by atoms with Gasteiger partial charge in [-0.3, -0.25) is 4.79 Å². The summed E-state index contributed by atoms with van der Waals surface area (Å²) < 4.78 is 5.05. The average molecular weight is 393 g/mol. The van der Waals surface area contributed by atoms with Crippen molar-refractivity contribution in [1.82, 2.24) is 0 Å². The zero-order chi connectivity index (χ0) is 21.0. The summed E-state index contributed by atoms with van der Waals surface area (Å²) in [5.74, 6) is -1.57. The van der Waals surface area contributed by atoms with Gasteiger partial charge in [0.2, 0.25) is 0 Å². The molecule has 3 rings (SSSR count). The van der Waals surface area contributed by atoms with Gasteiger partial charge in [0.15, 0.2) is 6.61 Å². The van der Waals surface area contributed by atoms with Gasteiger partial charge < -0.3 is 20.3 Å². The number of para-hydroxylation sites is 1. The van der Waals surface area contributed by atoms with Crippen molar-refractivity contribution in [3.05, 3.63) is 65.7 Å². The Kier molecular flexibility index (Phi) is 6.02. The molecule has 0 fully saturated rings. The Labute approximate surface area is 168 Å². The van der Waals surface area contributed by atoms with E-state index in [-0.39, 0.29) is 23.0 Å². The van der Waals surface area contributed by atoms with E-state index in [0.29, 0.717) is 16.5 Å². The van der Waals surface area contributed by atoms with Gasteiger partial charge in [-0.25, -0.2) is 4.79 Å². The fourth-order valence-electron chi connectivity index (χ4n) is 3.15. The van der Waals surface area contributed by atoms with Crippen LogP contribution in [0.2, 0.25) is 0 Å². The molecule has 0 radical (unpaired) electrons. The summed E-state index contributed by atoms with van der Waals surface area (Å²) in [6, 6.07) is 15.2. The van der Waals surface area contributed by atoms with Crippen LogP contribution in [0.3, 0.4) is 0 Å². The van der Waals surface area contributed by atoms with Crippen molar-refractivity contribution in [2.75, 3.05) is 11.9 Å². The largest absolute Gasteiger partial charge is 0.507 e. The van der Waals surface area contributed by atoms with Crippen LogP contribution < -0.4 is 5.32 Å². The summed E-state index contributed by atoms with van der Waals surface area (Å²) in [5.41, 5.74) is 1.48. The third kappa shape index (κ3) is 4.32. The lowest BCUT2D eigenvalue weighted by Crippen LogP contribution is -2.21. The van der Waals surface area contributed by atoms with Crippen LogP contribution in [0.15, 0.2) is 54.6 Å². The van der Waals surface area contributed by atoms with Crippen molar-refractivity contribution in [3.8, 4) is 11.5 Å². The lowest BCUT2D eigenvalue weighted by molar-refractivity contribution is -0.119. The van der Waals surface area contributed by atoms with Gasteiger partial charge in [-0.1, -0.05) is 56.3 Å². The molecule has 0 aromatic heterocycles. The third-order valence-electron chi connectivity index (χ3n) is 4.93. The number of nitrogens with one attached hydrogen (secondary N) is 1. The van der Waals surface area contributed by atoms with Gasteiger partial charge in [0, 0.05) is 16.5 Å². The molecule has 0 unspecified atom stereocenters. The summed E-state index contributed by atoms with van der Waals surface area (Å²) in [7, 11) is 0. The monoisotopic (exact) mass is 393 g/mol. The molecule has 29 heavy (non-hydrogen) atoms. The number of carbonyl (C=O) groups is 2. The fraction of sp³-hybridized carbons (Fsp3) is 0.217. The van der Waals surface area contributed by atoms with Crippen LogP contribution in [-0.2, 0) is 9.53 Å². The first-order chi connectivity index (χ1) is 13.9. The van der Waals surface area contributed by atoms with Crippen molar-refractivity contribution in [2.45, 2.75) is 26.2 Å². The number of fused-ring (bicyclic) bond motifs is 1. The fourth-order valence-corrected chi connectivity index (χ4v) is 3.15. The van der Waals surface area contributed by atoms with E-state index in [2.05, 4.69) is 19.2 Å². The maximum atomic E-state index is 12.4. The molecule has 3 aromatic carbocycles. The van der Waals surface area contributed by atoms with E-state index in [4.69, 9.17) is 4.74 Å². The summed E-state index contributed by atoms with van der Waals surface area (Å²) in [4.78, 5) is 24.6. The Hall–Kier alpha value is -3.54. The number of anilines is 1. The SMILES string of the molecule is CC[C@H](C)c1ccccc1NC(=O)COC(=O)c1cc(O)c2ccccc2c1O. The molecule has 3 aromatic rings. The smallest absolute Gasteiger partial charge is 0.342 e. The molecule has 0 heterocycles. The number of amides is 1. The zero-order valence-corrected chi connectivity index (χ0v) is 16.3. The van der Waals surface area contributed by atoms with E-state index in [1.165, 1.54) is 0 Å². The quantitative estimate of drug-likeness (QED) is 0.421. The lowest BCUT2D eigenvalue weighted by Gasteiger charge is -2.15. The number of rotatable bonds is 6. The number of phenols is 2. The van der Waals surface area contributed by atoms with Crippen molar-refractivity contribution in [2.24, 2.45) is 0 Å². The molecular formula is C23H23NO5. The van der Waals surface area contributed by atoms with Crippen LogP contribution in [0.4, 0.5) is 5.69 Å². The van der Waals surface area contributed by atoms with Crippen LogP contribution in [0.1, 0.15) is 42.1 Å². The molecule has 0 aliphatic rings. The first kappa shape index (κ1) is 20.2. The van der Waals surface area contributed by atoms with E-state index in [1.807, 2.05) is 18.2 Å². The average Bonchev–Trinajstić information content (AvgIpc) is 2.74. The maximum Gasteiger partial charge on any atom is 0.342 e. The molecule has 6 heteroatoms. The van der Waals surface area contributed by atoms with E-state index in [1.54, 1.807) is 30.3 Å². The molecule has 3 N–H and O–H groups in total. The minimum Gasteiger partial charge on any atom is -0.507 e. The topological polar surface area (TPSA) is 95.9 Å². The maximum absolute atomic E-state index is 12.4. The Balaban J connectivity index is 1.71. The summed E-state index contributed by atoms with van der Waals surface area (Å²) in [6.45, 7) is 3.62. The first-order valence-corrected chi connectivity index (χ1v) is 9.42. The Morgan fingerprint density at radius 1 is 1.03 bits per heavy atom. The molecule has 0 saturated heterocycles. The number of hydrogen-bond donors (Lipinski definition) is 3. The van der Waals surface area contributed by atoms with Crippen molar-refractivity contribution in [1.29, 1.82) is 0 Å². The number of benzene rings is 3. The number of ether oxygens (including phenoxy) is 1. The Morgan fingerprint density at radius 3 is 2.41 bits per heavy atom. The van der Waals surface area contributed by atoms with Crippen LogP contribution >= 0.6 is 0 Å². The molecule has 0 saturated carbocycles. The van der Waals surface area contributed by atoms with E-state index >= 15 is 0 Å². The molecule has 150 valence electrons. The van der Waals surface area contributed by atoms with Crippen LogP contribution in [-0.4, -0.2) is 28.7 Å². The van der Waals surface area contributed by atoms with E-state index in [0.717, 1.165) is 18.1 Å². The van der Waals surface area contributed by atoms with Crippen LogP contribution in [0.25, 0.3) is 10.8 Å². The van der Waals surface area contributed by atoms with Gasteiger partial charge in [-0.2, -0.15) is 0 Å². The summed E-state index contributed by atoms with van der Waals surface area (Å²) >= 11 is 0. The number of hydrogen-bond acceptors (Lipinski definition) is 5. The predicted octanol–water partition coefficient (Wildman–Crippen LogP) is 4.56. The second kappa shape index (κ2) is 8.65. The van der Waals surface area contributed by atoms with Gasteiger partial charge in [-0.15, -0.1) is 0 Å². The molecule has 0 spiro atoms. The zero-order valence-electron chi connectivity index (χ0n) is 16.3. The molecule has 6 nitrogen and oxygen atoms in total.